The van der Waals surface area contributed by atoms with Crippen LogP contribution in [0.3, 0.4) is 0 Å². The van der Waals surface area contributed by atoms with E-state index in [1.807, 2.05) is 62.4 Å². The zero-order chi connectivity index (χ0) is 22.7. The molecule has 0 unspecified atom stereocenters. The van der Waals surface area contributed by atoms with Gasteiger partial charge in [-0.05, 0) is 65.9 Å². The van der Waals surface area contributed by atoms with Crippen LogP contribution in [0.25, 0.3) is 0 Å². The monoisotopic (exact) mass is 493 g/mol. The largest absolute Gasteiger partial charge is 0.455 e. The van der Waals surface area contributed by atoms with Gasteiger partial charge in [0.1, 0.15) is 5.76 Å². The fraction of sp³-hybridized carbons (Fsp3) is 0.240. The summed E-state index contributed by atoms with van der Waals surface area (Å²) >= 11 is 3.49. The maximum atomic E-state index is 12.9. The summed E-state index contributed by atoms with van der Waals surface area (Å²) < 4.78 is 6.75. The van der Waals surface area contributed by atoms with Gasteiger partial charge < -0.3 is 9.73 Å². The van der Waals surface area contributed by atoms with Crippen molar-refractivity contribution in [3.63, 3.8) is 0 Å². The molecule has 0 atom stereocenters. The Labute approximate surface area is 195 Å². The van der Waals surface area contributed by atoms with Crippen molar-refractivity contribution >= 4 is 39.1 Å². The number of furan rings is 1. The SMILES string of the molecule is Cc1ccc(NC(=O)c2oc3c(c2C)/C(=N/NC(=O)Cc2ccccc2)CCC3)c(Br)c1. The molecule has 2 aromatic carbocycles. The lowest BCUT2D eigenvalue weighted by atomic mass is 9.93. The van der Waals surface area contributed by atoms with Crippen LogP contribution >= 0.6 is 15.9 Å². The van der Waals surface area contributed by atoms with E-state index in [1.165, 1.54) is 0 Å². The van der Waals surface area contributed by atoms with Gasteiger partial charge in [0.25, 0.3) is 5.91 Å². The number of rotatable bonds is 5. The summed E-state index contributed by atoms with van der Waals surface area (Å²) in [6.45, 7) is 3.84. The molecule has 1 aliphatic carbocycles. The summed E-state index contributed by atoms with van der Waals surface area (Å²) in [5.41, 5.74) is 7.65. The van der Waals surface area contributed by atoms with E-state index in [1.54, 1.807) is 0 Å². The number of hydrogen-bond acceptors (Lipinski definition) is 4. The molecule has 1 aromatic heterocycles. The summed E-state index contributed by atoms with van der Waals surface area (Å²) in [6.07, 6.45) is 2.55. The predicted molar refractivity (Wildman–Crippen MR) is 128 cm³/mol. The number of nitrogens with one attached hydrogen (secondary N) is 2. The Morgan fingerprint density at radius 2 is 1.88 bits per heavy atom. The van der Waals surface area contributed by atoms with Crippen LogP contribution in [0.4, 0.5) is 5.69 Å². The molecule has 4 rings (SSSR count). The van der Waals surface area contributed by atoms with Gasteiger partial charge in [-0.25, -0.2) is 5.43 Å². The molecule has 1 aliphatic rings. The minimum Gasteiger partial charge on any atom is -0.455 e. The number of benzene rings is 2. The number of carbonyl (C=O) groups is 2. The van der Waals surface area contributed by atoms with Gasteiger partial charge in [0.15, 0.2) is 5.76 Å². The van der Waals surface area contributed by atoms with Crippen molar-refractivity contribution in [2.24, 2.45) is 5.10 Å². The van der Waals surface area contributed by atoms with Gasteiger partial charge in [0, 0.05) is 22.0 Å². The van der Waals surface area contributed by atoms with E-state index >= 15 is 0 Å². The Bertz CT molecular complexity index is 1200. The number of halogens is 1. The van der Waals surface area contributed by atoms with Crippen LogP contribution in [-0.2, 0) is 17.6 Å². The van der Waals surface area contributed by atoms with Crippen molar-refractivity contribution in [2.45, 2.75) is 39.5 Å². The number of amides is 2. The number of nitrogens with zero attached hydrogens (tertiary/aromatic N) is 1. The summed E-state index contributed by atoms with van der Waals surface area (Å²) in [6, 6.07) is 15.3. The zero-order valence-electron chi connectivity index (χ0n) is 18.0. The molecule has 0 saturated carbocycles. The number of hydrazone groups is 1. The van der Waals surface area contributed by atoms with Crippen LogP contribution in [0.2, 0.25) is 0 Å². The molecule has 0 bridgehead atoms. The molecular formula is C25H24BrN3O3. The zero-order valence-corrected chi connectivity index (χ0v) is 19.6. The van der Waals surface area contributed by atoms with Crippen LogP contribution in [-0.4, -0.2) is 17.5 Å². The predicted octanol–water partition coefficient (Wildman–Crippen LogP) is 5.31. The van der Waals surface area contributed by atoms with Crippen molar-refractivity contribution in [1.82, 2.24) is 5.43 Å². The molecule has 3 aromatic rings. The average Bonchev–Trinajstić information content (AvgIpc) is 3.12. The second-order valence-electron chi connectivity index (χ2n) is 7.90. The Balaban J connectivity index is 1.52. The highest BCUT2D eigenvalue weighted by molar-refractivity contribution is 9.10. The number of hydrogen-bond donors (Lipinski definition) is 2. The minimum absolute atomic E-state index is 0.181. The van der Waals surface area contributed by atoms with E-state index in [-0.39, 0.29) is 24.0 Å². The van der Waals surface area contributed by atoms with E-state index in [0.717, 1.165) is 51.0 Å². The van der Waals surface area contributed by atoms with Crippen molar-refractivity contribution in [3.05, 3.63) is 86.8 Å². The number of carbonyl (C=O) groups excluding carboxylic acids is 2. The van der Waals surface area contributed by atoms with Gasteiger partial charge >= 0.3 is 0 Å². The lowest BCUT2D eigenvalue weighted by molar-refractivity contribution is -0.120. The first-order valence-corrected chi connectivity index (χ1v) is 11.3. The molecule has 6 nitrogen and oxygen atoms in total. The first-order valence-electron chi connectivity index (χ1n) is 10.5. The lowest BCUT2D eigenvalue weighted by Gasteiger charge is -2.13. The van der Waals surface area contributed by atoms with Crippen LogP contribution in [0.15, 0.2) is 62.5 Å². The van der Waals surface area contributed by atoms with Crippen molar-refractivity contribution in [2.75, 3.05) is 5.32 Å². The molecule has 0 radical (unpaired) electrons. The molecule has 164 valence electrons. The number of aryl methyl sites for hydroxylation is 2. The standard InChI is InChI=1S/C25H24BrN3O3/c1-15-11-12-19(18(26)13-15)27-25(31)24-16(2)23-20(9-6-10-21(23)32-24)28-29-22(30)14-17-7-4-3-5-8-17/h3-5,7-8,11-13H,6,9-10,14H2,1-2H3,(H,27,31)(H,29,30)/b28-20+. The van der Waals surface area contributed by atoms with Crippen LogP contribution in [0, 0.1) is 13.8 Å². The minimum atomic E-state index is -0.311. The molecule has 0 saturated heterocycles. The quantitative estimate of drug-likeness (QED) is 0.472. The summed E-state index contributed by atoms with van der Waals surface area (Å²) in [7, 11) is 0. The molecule has 7 heteroatoms. The molecule has 1 heterocycles. The first kappa shape index (κ1) is 22.0. The fourth-order valence-electron chi connectivity index (χ4n) is 3.85. The molecule has 2 N–H and O–H groups in total. The summed E-state index contributed by atoms with van der Waals surface area (Å²) in [5.74, 6) is 0.513. The van der Waals surface area contributed by atoms with Gasteiger partial charge in [-0.3, -0.25) is 9.59 Å². The first-order chi connectivity index (χ1) is 15.4. The third-order valence-electron chi connectivity index (χ3n) is 5.43. The van der Waals surface area contributed by atoms with Crippen molar-refractivity contribution in [3.8, 4) is 0 Å². The summed E-state index contributed by atoms with van der Waals surface area (Å²) in [5, 5.41) is 7.29. The highest BCUT2D eigenvalue weighted by Gasteiger charge is 2.28. The van der Waals surface area contributed by atoms with E-state index in [0.29, 0.717) is 12.1 Å². The van der Waals surface area contributed by atoms with Gasteiger partial charge in [0.2, 0.25) is 5.91 Å². The Kier molecular flexibility index (Phi) is 6.55. The van der Waals surface area contributed by atoms with E-state index in [2.05, 4.69) is 31.8 Å². The van der Waals surface area contributed by atoms with Crippen LogP contribution < -0.4 is 10.7 Å². The van der Waals surface area contributed by atoms with E-state index < -0.39 is 0 Å². The van der Waals surface area contributed by atoms with Gasteiger partial charge in [-0.2, -0.15) is 5.10 Å². The average molecular weight is 494 g/mol. The fourth-order valence-corrected chi connectivity index (χ4v) is 4.44. The lowest BCUT2D eigenvalue weighted by Crippen LogP contribution is -2.23. The Morgan fingerprint density at radius 1 is 1.09 bits per heavy atom. The molecule has 2 amide bonds. The second-order valence-corrected chi connectivity index (χ2v) is 8.76. The number of fused-ring (bicyclic) bond motifs is 1. The Hall–Kier alpha value is -3.19. The number of anilines is 1. The second kappa shape index (κ2) is 9.53. The maximum Gasteiger partial charge on any atom is 0.291 e. The highest BCUT2D eigenvalue weighted by atomic mass is 79.9. The summed E-state index contributed by atoms with van der Waals surface area (Å²) in [4.78, 5) is 25.2. The topological polar surface area (TPSA) is 83.7 Å². The molecule has 0 fully saturated rings. The third-order valence-corrected chi connectivity index (χ3v) is 6.08. The van der Waals surface area contributed by atoms with Crippen LogP contribution in [0.5, 0.6) is 0 Å². The van der Waals surface area contributed by atoms with Gasteiger partial charge in [0.05, 0.1) is 17.8 Å². The highest BCUT2D eigenvalue weighted by Crippen LogP contribution is 2.31. The van der Waals surface area contributed by atoms with Gasteiger partial charge in [-0.1, -0.05) is 36.4 Å². The van der Waals surface area contributed by atoms with Crippen molar-refractivity contribution in [1.29, 1.82) is 0 Å². The van der Waals surface area contributed by atoms with Crippen LogP contribution in [0.1, 0.15) is 51.4 Å². The molecule has 0 aliphatic heterocycles. The third kappa shape index (κ3) is 4.83. The van der Waals surface area contributed by atoms with E-state index in [4.69, 9.17) is 4.42 Å². The van der Waals surface area contributed by atoms with Gasteiger partial charge in [-0.15, -0.1) is 0 Å². The maximum absolute atomic E-state index is 12.9. The Morgan fingerprint density at radius 3 is 2.62 bits per heavy atom. The molecule has 32 heavy (non-hydrogen) atoms. The van der Waals surface area contributed by atoms with Crippen molar-refractivity contribution < 1.29 is 14.0 Å². The smallest absolute Gasteiger partial charge is 0.291 e. The molecular weight excluding hydrogens is 470 g/mol. The van der Waals surface area contributed by atoms with E-state index in [9.17, 15) is 9.59 Å². The normalized spacial score (nSPS) is 14.2. The molecule has 0 spiro atoms.